The molecule has 0 aliphatic heterocycles. The van der Waals surface area contributed by atoms with Crippen LogP contribution in [0.1, 0.15) is 6.42 Å². The molecular formula is C6H17N2O2+. The molecule has 0 aromatic carbocycles. The number of rotatable bonds is 5. The van der Waals surface area contributed by atoms with Crippen molar-refractivity contribution in [2.45, 2.75) is 6.42 Å². The molecule has 2 N–H and O–H groups in total. The summed E-state index contributed by atoms with van der Waals surface area (Å²) in [4.78, 5) is 10.3. The monoisotopic (exact) mass is 149 g/mol. The first-order valence-corrected chi connectivity index (χ1v) is 3.35. The molecule has 62 valence electrons. The zero-order valence-electron chi connectivity index (χ0n) is 6.96. The van der Waals surface area contributed by atoms with Crippen LogP contribution in [0.15, 0.2) is 0 Å². The Morgan fingerprint density at radius 1 is 1.30 bits per heavy atom. The van der Waals surface area contributed by atoms with Crippen LogP contribution in [0.2, 0.25) is 0 Å². The molecule has 0 aromatic rings. The van der Waals surface area contributed by atoms with Gasteiger partial charge in [-0.1, -0.05) is 0 Å². The molecule has 0 unspecified atom stereocenters. The highest BCUT2D eigenvalue weighted by Gasteiger charge is 2.20. The van der Waals surface area contributed by atoms with Gasteiger partial charge in [-0.25, -0.2) is 0 Å². The van der Waals surface area contributed by atoms with Crippen LogP contribution >= 0.6 is 0 Å². The summed E-state index contributed by atoms with van der Waals surface area (Å²) in [5.41, 5.74) is 5.32. The average molecular weight is 149 g/mol. The summed E-state index contributed by atoms with van der Waals surface area (Å²) in [6.07, 6.45) is 0.901. The largest absolute Gasteiger partial charge is 0.330 e. The van der Waals surface area contributed by atoms with Gasteiger partial charge in [0.1, 0.15) is 13.6 Å². The average Bonchev–Trinajstić information content (AvgIpc) is 2.00. The van der Waals surface area contributed by atoms with Gasteiger partial charge in [0.25, 0.3) is 0 Å². The van der Waals surface area contributed by atoms with E-state index in [0.29, 0.717) is 6.54 Å². The Labute approximate surface area is 62.0 Å². The van der Waals surface area contributed by atoms with Crippen LogP contribution in [0.25, 0.3) is 0 Å². The molecule has 4 nitrogen and oxygen atoms in total. The standard InChI is InChI=1S/C6H17N2O2/c1-8(9-2,10-3)6-4-5-7/h4-7H2,1-3H3/q+1. The number of hydrogen-bond donors (Lipinski definition) is 1. The van der Waals surface area contributed by atoms with Crippen LogP contribution in [0.3, 0.4) is 0 Å². The van der Waals surface area contributed by atoms with Crippen molar-refractivity contribution in [2.24, 2.45) is 5.73 Å². The summed E-state index contributed by atoms with van der Waals surface area (Å²) >= 11 is 0. The molecule has 0 spiro atoms. The molecule has 0 aromatic heterocycles. The lowest BCUT2D eigenvalue weighted by Crippen LogP contribution is -2.43. The van der Waals surface area contributed by atoms with Gasteiger partial charge in [-0.15, -0.1) is 0 Å². The van der Waals surface area contributed by atoms with Gasteiger partial charge in [0, 0.05) is 6.42 Å². The lowest BCUT2D eigenvalue weighted by molar-refractivity contribution is -1.23. The van der Waals surface area contributed by atoms with E-state index in [2.05, 4.69) is 0 Å². The van der Waals surface area contributed by atoms with E-state index in [1.54, 1.807) is 14.2 Å². The van der Waals surface area contributed by atoms with Gasteiger partial charge in [0.15, 0.2) is 0 Å². The molecule has 4 heteroatoms. The molecule has 0 aliphatic carbocycles. The molecule has 0 saturated heterocycles. The summed E-state index contributed by atoms with van der Waals surface area (Å²) < 4.78 is 0. The fourth-order valence-electron chi connectivity index (χ4n) is 0.636. The summed E-state index contributed by atoms with van der Waals surface area (Å²) in [5, 5.41) is 0. The van der Waals surface area contributed by atoms with E-state index in [4.69, 9.17) is 15.4 Å². The van der Waals surface area contributed by atoms with E-state index >= 15 is 0 Å². The fourth-order valence-corrected chi connectivity index (χ4v) is 0.636. The SMILES string of the molecule is CO[N+](C)(CCCN)OC. The van der Waals surface area contributed by atoms with E-state index in [-0.39, 0.29) is 4.81 Å². The lowest BCUT2D eigenvalue weighted by atomic mass is 10.4. The van der Waals surface area contributed by atoms with Gasteiger partial charge in [-0.3, -0.25) is 0 Å². The van der Waals surface area contributed by atoms with Crippen molar-refractivity contribution in [3.8, 4) is 0 Å². The molecule has 0 heterocycles. The van der Waals surface area contributed by atoms with Gasteiger partial charge < -0.3 is 5.73 Å². The van der Waals surface area contributed by atoms with Crippen LogP contribution < -0.4 is 5.73 Å². The summed E-state index contributed by atoms with van der Waals surface area (Å²) in [6.45, 7) is 1.45. The maximum Gasteiger partial charge on any atom is 0.143 e. The van der Waals surface area contributed by atoms with Crippen LogP contribution in [-0.4, -0.2) is 39.2 Å². The quantitative estimate of drug-likeness (QED) is 0.438. The minimum atomic E-state index is 0.164. The third-order valence-electron chi connectivity index (χ3n) is 1.54. The zero-order chi connectivity index (χ0) is 8.04. The fraction of sp³-hybridized carbons (Fsp3) is 1.00. The van der Waals surface area contributed by atoms with Crippen molar-refractivity contribution in [1.82, 2.24) is 0 Å². The molecule has 0 amide bonds. The van der Waals surface area contributed by atoms with Gasteiger partial charge in [-0.2, -0.15) is 9.68 Å². The highest BCUT2D eigenvalue weighted by molar-refractivity contribution is 4.31. The predicted molar refractivity (Wildman–Crippen MR) is 38.7 cm³/mol. The molecule has 0 rings (SSSR count). The first-order chi connectivity index (χ1) is 4.68. The van der Waals surface area contributed by atoms with Crippen molar-refractivity contribution in [3.05, 3.63) is 0 Å². The van der Waals surface area contributed by atoms with E-state index < -0.39 is 0 Å². The van der Waals surface area contributed by atoms with Crippen LogP contribution in [0.5, 0.6) is 0 Å². The molecule has 0 fully saturated rings. The van der Waals surface area contributed by atoms with Crippen LogP contribution in [0, 0.1) is 0 Å². The normalized spacial score (nSPS) is 12.0. The Hall–Kier alpha value is -0.160. The number of nitrogens with zero attached hydrogens (tertiary/aromatic N) is 1. The highest BCUT2D eigenvalue weighted by atomic mass is 17.0. The van der Waals surface area contributed by atoms with E-state index in [1.807, 2.05) is 7.05 Å². The summed E-state index contributed by atoms with van der Waals surface area (Å²) in [5.74, 6) is 0. The zero-order valence-corrected chi connectivity index (χ0v) is 6.96. The number of quaternary nitrogens is 1. The van der Waals surface area contributed by atoms with Crippen LogP contribution in [-0.2, 0) is 9.68 Å². The minimum absolute atomic E-state index is 0.164. The number of nitrogens with two attached hydrogens (primary N) is 1. The predicted octanol–water partition coefficient (Wildman–Crippen LogP) is -0.0954. The molecule has 0 saturated carbocycles. The Bertz CT molecular complexity index is 83.8. The van der Waals surface area contributed by atoms with Gasteiger partial charge >= 0.3 is 0 Å². The van der Waals surface area contributed by atoms with Crippen LogP contribution in [0.4, 0.5) is 0 Å². The van der Waals surface area contributed by atoms with E-state index in [0.717, 1.165) is 13.0 Å². The first kappa shape index (κ1) is 9.84. The second-order valence-electron chi connectivity index (χ2n) is 2.25. The Morgan fingerprint density at radius 3 is 2.10 bits per heavy atom. The Kier molecular flexibility index (Phi) is 4.55. The second kappa shape index (κ2) is 4.62. The summed E-state index contributed by atoms with van der Waals surface area (Å²) in [6, 6.07) is 0. The lowest BCUT2D eigenvalue weighted by Gasteiger charge is -2.24. The minimum Gasteiger partial charge on any atom is -0.330 e. The van der Waals surface area contributed by atoms with Crippen molar-refractivity contribution < 1.29 is 14.5 Å². The second-order valence-corrected chi connectivity index (χ2v) is 2.25. The third kappa shape index (κ3) is 3.12. The van der Waals surface area contributed by atoms with Crippen molar-refractivity contribution in [1.29, 1.82) is 0 Å². The van der Waals surface area contributed by atoms with Crippen molar-refractivity contribution >= 4 is 0 Å². The third-order valence-corrected chi connectivity index (χ3v) is 1.54. The van der Waals surface area contributed by atoms with Crippen molar-refractivity contribution in [3.63, 3.8) is 0 Å². The van der Waals surface area contributed by atoms with Crippen molar-refractivity contribution in [2.75, 3.05) is 34.4 Å². The molecule has 0 radical (unpaired) electrons. The van der Waals surface area contributed by atoms with Gasteiger partial charge in [0.05, 0.1) is 14.2 Å². The van der Waals surface area contributed by atoms with E-state index in [1.165, 1.54) is 0 Å². The molecule has 0 atom stereocenters. The molecule has 0 bridgehead atoms. The topological polar surface area (TPSA) is 44.5 Å². The maximum absolute atomic E-state index is 5.32. The first-order valence-electron chi connectivity index (χ1n) is 3.35. The Balaban J connectivity index is 3.58. The number of hydrogen-bond acceptors (Lipinski definition) is 3. The highest BCUT2D eigenvalue weighted by Crippen LogP contribution is 2.02. The Morgan fingerprint density at radius 2 is 1.80 bits per heavy atom. The van der Waals surface area contributed by atoms with Gasteiger partial charge in [-0.05, 0) is 11.4 Å². The molecule has 0 aliphatic rings. The van der Waals surface area contributed by atoms with E-state index in [9.17, 15) is 0 Å². The molecular weight excluding hydrogens is 132 g/mol. The smallest absolute Gasteiger partial charge is 0.143 e. The number of hydroxylamine groups is 4. The maximum atomic E-state index is 5.32. The summed E-state index contributed by atoms with van der Waals surface area (Å²) in [7, 11) is 5.07. The van der Waals surface area contributed by atoms with Gasteiger partial charge in [0.2, 0.25) is 0 Å². The molecule has 10 heavy (non-hydrogen) atoms.